The molecule has 1 rings (SSSR count). The average Bonchev–Trinajstić information content (AvgIpc) is 2.83. The molecule has 0 unspecified atom stereocenters. The monoisotopic (exact) mass is 292 g/mol. The number of aromatic nitrogens is 2. The second-order valence-electron chi connectivity index (χ2n) is 8.12. The van der Waals surface area contributed by atoms with Gasteiger partial charge in [0.15, 0.2) is 0 Å². The number of H-pyrrole nitrogens is 1. The van der Waals surface area contributed by atoms with Crippen molar-refractivity contribution in [2.45, 2.75) is 104 Å². The number of rotatable bonds is 8. The van der Waals surface area contributed by atoms with Gasteiger partial charge in [0.1, 0.15) is 5.82 Å². The minimum Gasteiger partial charge on any atom is -0.345 e. The number of nitrogens with one attached hydrogen (secondary N) is 1. The smallest absolute Gasteiger partial charge is 0.112 e. The van der Waals surface area contributed by atoms with Crippen LogP contribution < -0.4 is 0 Å². The Labute approximate surface area is 132 Å². The van der Waals surface area contributed by atoms with Gasteiger partial charge >= 0.3 is 0 Å². The van der Waals surface area contributed by atoms with Gasteiger partial charge in [0.05, 0.1) is 5.69 Å². The van der Waals surface area contributed by atoms with Crippen LogP contribution in [0.15, 0.2) is 0 Å². The Bertz CT molecular complexity index is 438. The zero-order valence-electron chi connectivity index (χ0n) is 15.6. The molecular weight excluding hydrogens is 256 g/mol. The fourth-order valence-electron chi connectivity index (χ4n) is 3.12. The van der Waals surface area contributed by atoms with Gasteiger partial charge in [-0.05, 0) is 18.8 Å². The summed E-state index contributed by atoms with van der Waals surface area (Å²) >= 11 is 0. The van der Waals surface area contributed by atoms with Gasteiger partial charge in [-0.1, -0.05) is 74.7 Å². The standard InChI is InChI=1S/C19H36N2/c1-9-11-13-18(5,6)16-15(14(3)4)20-17(21-16)19(7,8)12-10-2/h14H,9-13H2,1-8H3,(H,20,21). The summed E-state index contributed by atoms with van der Waals surface area (Å²) in [7, 11) is 0. The van der Waals surface area contributed by atoms with E-state index in [9.17, 15) is 0 Å². The van der Waals surface area contributed by atoms with E-state index in [1.54, 1.807) is 0 Å². The van der Waals surface area contributed by atoms with Crippen LogP contribution in [-0.4, -0.2) is 9.97 Å². The Balaban J connectivity index is 3.22. The van der Waals surface area contributed by atoms with Crippen LogP contribution in [0.2, 0.25) is 0 Å². The summed E-state index contributed by atoms with van der Waals surface area (Å²) in [6.45, 7) is 18.4. The normalized spacial score (nSPS) is 13.2. The van der Waals surface area contributed by atoms with Crippen LogP contribution in [0.3, 0.4) is 0 Å². The maximum Gasteiger partial charge on any atom is 0.112 e. The van der Waals surface area contributed by atoms with E-state index in [1.165, 1.54) is 49.3 Å². The molecule has 0 radical (unpaired) electrons. The Morgan fingerprint density at radius 1 is 0.952 bits per heavy atom. The number of hydrogen-bond donors (Lipinski definition) is 1. The summed E-state index contributed by atoms with van der Waals surface area (Å²) in [5.74, 6) is 1.67. The molecular formula is C19H36N2. The Morgan fingerprint density at radius 2 is 1.57 bits per heavy atom. The lowest BCUT2D eigenvalue weighted by Crippen LogP contribution is -2.21. The molecule has 2 nitrogen and oxygen atoms in total. The fourth-order valence-corrected chi connectivity index (χ4v) is 3.12. The van der Waals surface area contributed by atoms with Gasteiger partial charge in [0, 0.05) is 16.5 Å². The molecule has 0 bridgehead atoms. The molecule has 0 aliphatic heterocycles. The van der Waals surface area contributed by atoms with Crippen LogP contribution in [0.4, 0.5) is 0 Å². The largest absolute Gasteiger partial charge is 0.345 e. The van der Waals surface area contributed by atoms with E-state index in [0.29, 0.717) is 5.92 Å². The maximum atomic E-state index is 5.09. The van der Waals surface area contributed by atoms with Gasteiger partial charge < -0.3 is 4.98 Å². The Morgan fingerprint density at radius 3 is 2.05 bits per heavy atom. The minimum absolute atomic E-state index is 0.136. The molecule has 0 saturated carbocycles. The van der Waals surface area contributed by atoms with Crippen LogP contribution in [0.25, 0.3) is 0 Å². The third-order valence-electron chi connectivity index (χ3n) is 4.62. The molecule has 0 spiro atoms. The molecule has 0 aliphatic carbocycles. The molecule has 0 fully saturated rings. The molecule has 21 heavy (non-hydrogen) atoms. The second kappa shape index (κ2) is 6.98. The highest BCUT2D eigenvalue weighted by Crippen LogP contribution is 2.36. The Kier molecular flexibility index (Phi) is 6.07. The molecule has 0 aliphatic rings. The molecule has 0 atom stereocenters. The first-order chi connectivity index (χ1) is 9.65. The van der Waals surface area contributed by atoms with Gasteiger partial charge in [-0.3, -0.25) is 0 Å². The molecule has 0 amide bonds. The molecule has 1 heterocycles. The number of hydrogen-bond acceptors (Lipinski definition) is 1. The van der Waals surface area contributed by atoms with Crippen molar-refractivity contribution in [1.82, 2.24) is 9.97 Å². The van der Waals surface area contributed by atoms with Crippen molar-refractivity contribution in [1.29, 1.82) is 0 Å². The third kappa shape index (κ3) is 4.34. The predicted molar refractivity (Wildman–Crippen MR) is 93.2 cm³/mol. The first-order valence-electron chi connectivity index (χ1n) is 8.76. The van der Waals surface area contributed by atoms with Crippen molar-refractivity contribution >= 4 is 0 Å². The molecule has 0 aromatic carbocycles. The lowest BCUT2D eigenvalue weighted by molar-refractivity contribution is 0.429. The van der Waals surface area contributed by atoms with E-state index >= 15 is 0 Å². The number of unbranched alkanes of at least 4 members (excludes halogenated alkanes) is 1. The zero-order valence-corrected chi connectivity index (χ0v) is 15.6. The number of aromatic amines is 1. The summed E-state index contributed by atoms with van der Waals surface area (Å²) in [4.78, 5) is 8.77. The van der Waals surface area contributed by atoms with Crippen LogP contribution >= 0.6 is 0 Å². The lowest BCUT2D eigenvalue weighted by Gasteiger charge is -2.25. The van der Waals surface area contributed by atoms with E-state index in [4.69, 9.17) is 4.98 Å². The number of nitrogens with zero attached hydrogens (tertiary/aromatic N) is 1. The van der Waals surface area contributed by atoms with Crippen LogP contribution in [0, 0.1) is 0 Å². The predicted octanol–water partition coefficient (Wildman–Crippen LogP) is 6.08. The SMILES string of the molecule is CCCCC(C)(C)c1nc(C(C)(C)CCC)[nH]c1C(C)C. The van der Waals surface area contributed by atoms with Gasteiger partial charge in [0.2, 0.25) is 0 Å². The van der Waals surface area contributed by atoms with Crippen molar-refractivity contribution < 1.29 is 0 Å². The second-order valence-corrected chi connectivity index (χ2v) is 8.12. The van der Waals surface area contributed by atoms with Crippen LogP contribution in [-0.2, 0) is 10.8 Å². The van der Waals surface area contributed by atoms with E-state index in [2.05, 4.69) is 60.4 Å². The van der Waals surface area contributed by atoms with Crippen molar-refractivity contribution in [2.75, 3.05) is 0 Å². The first kappa shape index (κ1) is 18.3. The van der Waals surface area contributed by atoms with Crippen LogP contribution in [0.5, 0.6) is 0 Å². The molecule has 1 N–H and O–H groups in total. The Hall–Kier alpha value is -0.790. The van der Waals surface area contributed by atoms with E-state index in [1.807, 2.05) is 0 Å². The van der Waals surface area contributed by atoms with Crippen molar-refractivity contribution in [3.05, 3.63) is 17.2 Å². The molecule has 122 valence electrons. The van der Waals surface area contributed by atoms with Crippen molar-refractivity contribution in [3.8, 4) is 0 Å². The summed E-state index contributed by atoms with van der Waals surface area (Å²) in [5.41, 5.74) is 2.94. The summed E-state index contributed by atoms with van der Waals surface area (Å²) in [6.07, 6.45) is 6.10. The van der Waals surface area contributed by atoms with Gasteiger partial charge in [-0.2, -0.15) is 0 Å². The highest BCUT2D eigenvalue weighted by Gasteiger charge is 2.32. The number of imidazole rings is 1. The quantitative estimate of drug-likeness (QED) is 0.618. The van der Waals surface area contributed by atoms with Gasteiger partial charge in [-0.25, -0.2) is 4.98 Å². The molecule has 1 aromatic heterocycles. The van der Waals surface area contributed by atoms with E-state index < -0.39 is 0 Å². The van der Waals surface area contributed by atoms with E-state index in [-0.39, 0.29) is 10.8 Å². The molecule has 0 saturated heterocycles. The van der Waals surface area contributed by atoms with Crippen LogP contribution in [0.1, 0.15) is 111 Å². The highest BCUT2D eigenvalue weighted by molar-refractivity contribution is 5.28. The first-order valence-corrected chi connectivity index (χ1v) is 8.76. The average molecular weight is 293 g/mol. The summed E-state index contributed by atoms with van der Waals surface area (Å²) in [6, 6.07) is 0. The topological polar surface area (TPSA) is 28.7 Å². The van der Waals surface area contributed by atoms with Crippen molar-refractivity contribution in [2.24, 2.45) is 0 Å². The fraction of sp³-hybridized carbons (Fsp3) is 0.842. The maximum absolute atomic E-state index is 5.09. The highest BCUT2D eigenvalue weighted by atomic mass is 15.0. The van der Waals surface area contributed by atoms with E-state index in [0.717, 1.165) is 0 Å². The van der Waals surface area contributed by atoms with Gasteiger partial charge in [-0.15, -0.1) is 0 Å². The van der Waals surface area contributed by atoms with Gasteiger partial charge in [0.25, 0.3) is 0 Å². The third-order valence-corrected chi connectivity index (χ3v) is 4.62. The summed E-state index contributed by atoms with van der Waals surface area (Å²) < 4.78 is 0. The lowest BCUT2D eigenvalue weighted by atomic mass is 9.81. The summed E-state index contributed by atoms with van der Waals surface area (Å²) in [5, 5.41) is 0. The minimum atomic E-state index is 0.136. The van der Waals surface area contributed by atoms with Crippen molar-refractivity contribution in [3.63, 3.8) is 0 Å². The molecule has 2 heteroatoms. The molecule has 1 aromatic rings. The zero-order chi connectivity index (χ0) is 16.3.